The van der Waals surface area contributed by atoms with E-state index >= 15 is 0 Å². The van der Waals surface area contributed by atoms with Crippen molar-refractivity contribution in [2.75, 3.05) is 12.4 Å². The van der Waals surface area contributed by atoms with E-state index in [0.717, 1.165) is 16.0 Å². The maximum absolute atomic E-state index is 14.0. The molecule has 3 rings (SSSR count). The first kappa shape index (κ1) is 29.8. The topological polar surface area (TPSA) is 97.0 Å². The van der Waals surface area contributed by atoms with E-state index in [1.54, 1.807) is 70.3 Å². The van der Waals surface area contributed by atoms with E-state index < -0.39 is 35.6 Å². The monoisotopic (exact) mass is 541 g/mol. The molecule has 0 aromatic heterocycles. The third kappa shape index (κ3) is 8.37. The van der Waals surface area contributed by atoms with Gasteiger partial charge in [0, 0.05) is 18.2 Å². The number of nitrogens with one attached hydrogen (secondary N) is 2. The Morgan fingerprint density at radius 2 is 1.65 bits per heavy atom. The van der Waals surface area contributed by atoms with Gasteiger partial charge in [-0.1, -0.05) is 66.6 Å². The average molecular weight is 542 g/mol. The number of nitrogens with zero attached hydrogens (tertiary/aromatic N) is 1. The second-order valence-corrected chi connectivity index (χ2v) is 10.3. The number of benzene rings is 3. The van der Waals surface area contributed by atoms with Crippen LogP contribution < -0.4 is 15.4 Å². The molecule has 2 unspecified atom stereocenters. The zero-order valence-corrected chi connectivity index (χ0v) is 23.4. The van der Waals surface area contributed by atoms with E-state index in [-0.39, 0.29) is 6.42 Å². The van der Waals surface area contributed by atoms with Crippen LogP contribution >= 0.6 is 0 Å². The molecule has 8 nitrogen and oxygen atoms in total. The van der Waals surface area contributed by atoms with Crippen molar-refractivity contribution in [3.63, 3.8) is 0 Å². The van der Waals surface area contributed by atoms with Crippen molar-refractivity contribution in [2.45, 2.75) is 51.8 Å². The van der Waals surface area contributed by atoms with Crippen molar-refractivity contribution >= 4 is 23.6 Å². The Bertz CT molecular complexity index is 1360. The summed E-state index contributed by atoms with van der Waals surface area (Å²) in [6.07, 6.45) is 5.26. The molecule has 0 aliphatic carbocycles. The molecule has 40 heavy (non-hydrogen) atoms. The van der Waals surface area contributed by atoms with E-state index in [2.05, 4.69) is 16.7 Å². The smallest absolute Gasteiger partial charge is 0.408 e. The molecule has 0 bridgehead atoms. The quantitative estimate of drug-likeness (QED) is 0.285. The predicted molar refractivity (Wildman–Crippen MR) is 155 cm³/mol. The molecule has 208 valence electrons. The number of hydrogen-bond acceptors (Lipinski definition) is 5. The van der Waals surface area contributed by atoms with E-state index in [4.69, 9.17) is 15.9 Å². The number of rotatable bonds is 9. The highest BCUT2D eigenvalue weighted by atomic mass is 16.6. The van der Waals surface area contributed by atoms with Crippen LogP contribution in [0.15, 0.2) is 78.9 Å². The van der Waals surface area contributed by atoms with Crippen molar-refractivity contribution in [1.82, 2.24) is 10.2 Å². The molecule has 8 heteroatoms. The Hall–Kier alpha value is -4.77. The minimum atomic E-state index is -1.18. The molecule has 0 aliphatic heterocycles. The van der Waals surface area contributed by atoms with Gasteiger partial charge in [-0.05, 0) is 63.1 Å². The number of carbonyl (C=O) groups excluding carboxylic acids is 3. The normalized spacial score (nSPS) is 12.3. The number of ether oxygens (including phenoxy) is 2. The third-order valence-electron chi connectivity index (χ3n) is 5.87. The van der Waals surface area contributed by atoms with Gasteiger partial charge in [-0.3, -0.25) is 14.5 Å². The number of methoxy groups -OCH3 is 1. The fourth-order valence-corrected chi connectivity index (χ4v) is 4.08. The van der Waals surface area contributed by atoms with E-state index in [1.165, 1.54) is 0 Å². The highest BCUT2D eigenvalue weighted by molar-refractivity contribution is 5.99. The van der Waals surface area contributed by atoms with E-state index in [9.17, 15) is 14.4 Å². The molecule has 0 spiro atoms. The molecule has 0 aliphatic rings. The van der Waals surface area contributed by atoms with Crippen LogP contribution in [0.3, 0.4) is 0 Å². The summed E-state index contributed by atoms with van der Waals surface area (Å²) in [6.45, 7) is 7.06. The van der Waals surface area contributed by atoms with Gasteiger partial charge in [-0.2, -0.15) is 0 Å². The standard InChI is InChI=1S/C32H35N3O5/c1-7-35(30(37)27(21-23-13-9-8-10-14-23)34-31(38)40-32(3,4)5)28(24-15-11-12-22(2)20-24)29(36)33-25-16-18-26(39-6)19-17-25/h1,8-20,27-28H,21H2,2-6H3,(H,33,36)(H,34,38). The summed E-state index contributed by atoms with van der Waals surface area (Å²) in [5.41, 5.74) is 1.92. The van der Waals surface area contributed by atoms with Crippen LogP contribution in [-0.4, -0.2) is 41.6 Å². The number of carbonyl (C=O) groups is 3. The molecule has 2 N–H and O–H groups in total. The van der Waals surface area contributed by atoms with Gasteiger partial charge in [0.2, 0.25) is 0 Å². The molecule has 0 fully saturated rings. The molecule has 3 amide bonds. The predicted octanol–water partition coefficient (Wildman–Crippen LogP) is 5.24. The molecular formula is C32H35N3O5. The molecule has 2 atom stereocenters. The zero-order chi connectivity index (χ0) is 29.3. The maximum atomic E-state index is 14.0. The van der Waals surface area contributed by atoms with Crippen LogP contribution in [0.25, 0.3) is 0 Å². The molecular weight excluding hydrogens is 506 g/mol. The zero-order valence-electron chi connectivity index (χ0n) is 23.4. The fraction of sp³-hybridized carbons (Fsp3) is 0.281. The first-order valence-electron chi connectivity index (χ1n) is 12.8. The summed E-state index contributed by atoms with van der Waals surface area (Å²) < 4.78 is 10.6. The number of anilines is 1. The van der Waals surface area contributed by atoms with Gasteiger partial charge < -0.3 is 20.1 Å². The van der Waals surface area contributed by atoms with Crippen LogP contribution in [0.1, 0.15) is 43.5 Å². The van der Waals surface area contributed by atoms with Crippen LogP contribution in [0.4, 0.5) is 10.5 Å². The Kier molecular flexibility index (Phi) is 9.93. The summed E-state index contributed by atoms with van der Waals surface area (Å²) in [6, 6.07) is 23.3. The number of hydrogen-bond donors (Lipinski definition) is 2. The Morgan fingerprint density at radius 3 is 2.23 bits per heavy atom. The van der Waals surface area contributed by atoms with E-state index in [1.807, 2.05) is 43.3 Å². The summed E-state index contributed by atoms with van der Waals surface area (Å²) >= 11 is 0. The number of aryl methyl sites for hydroxylation is 1. The molecule has 3 aromatic carbocycles. The molecule has 0 saturated carbocycles. The van der Waals surface area contributed by atoms with Crippen molar-refractivity contribution in [1.29, 1.82) is 0 Å². The first-order chi connectivity index (χ1) is 19.0. The summed E-state index contributed by atoms with van der Waals surface area (Å²) in [5.74, 6) is -0.517. The highest BCUT2D eigenvalue weighted by Crippen LogP contribution is 2.26. The SMILES string of the molecule is C#CN(C(=O)C(Cc1ccccc1)NC(=O)OC(C)(C)C)C(C(=O)Nc1ccc(OC)cc1)c1cccc(C)c1. The van der Waals surface area contributed by atoms with Crippen LogP contribution in [0.2, 0.25) is 0 Å². The number of alkyl carbamates (subject to hydrolysis) is 1. The summed E-state index contributed by atoms with van der Waals surface area (Å²) in [7, 11) is 1.55. The lowest BCUT2D eigenvalue weighted by Crippen LogP contribution is -2.51. The van der Waals surface area contributed by atoms with Gasteiger partial charge in [0.15, 0.2) is 0 Å². The van der Waals surface area contributed by atoms with Crippen LogP contribution in [0.5, 0.6) is 5.75 Å². The number of terminal acetylenes is 1. The lowest BCUT2D eigenvalue weighted by atomic mass is 9.99. The van der Waals surface area contributed by atoms with Gasteiger partial charge in [0.1, 0.15) is 23.4 Å². The van der Waals surface area contributed by atoms with Crippen LogP contribution in [0, 0.1) is 19.4 Å². The summed E-state index contributed by atoms with van der Waals surface area (Å²) in [5, 5.41) is 5.51. The Morgan fingerprint density at radius 1 is 0.975 bits per heavy atom. The Balaban J connectivity index is 1.99. The van der Waals surface area contributed by atoms with Gasteiger partial charge in [0.05, 0.1) is 7.11 Å². The lowest BCUT2D eigenvalue weighted by molar-refractivity contribution is -0.136. The van der Waals surface area contributed by atoms with Gasteiger partial charge >= 0.3 is 6.09 Å². The first-order valence-corrected chi connectivity index (χ1v) is 12.8. The lowest BCUT2D eigenvalue weighted by Gasteiger charge is -2.30. The Labute approximate surface area is 235 Å². The van der Waals surface area contributed by atoms with Crippen molar-refractivity contribution in [2.24, 2.45) is 0 Å². The largest absolute Gasteiger partial charge is 0.497 e. The van der Waals surface area contributed by atoms with Gasteiger partial charge in [-0.15, -0.1) is 0 Å². The molecule has 3 aromatic rings. The van der Waals surface area contributed by atoms with Crippen molar-refractivity contribution in [3.05, 3.63) is 95.6 Å². The fourth-order valence-electron chi connectivity index (χ4n) is 4.08. The minimum absolute atomic E-state index is 0.137. The third-order valence-corrected chi connectivity index (χ3v) is 5.87. The van der Waals surface area contributed by atoms with E-state index in [0.29, 0.717) is 17.0 Å². The maximum Gasteiger partial charge on any atom is 0.408 e. The van der Waals surface area contributed by atoms with Crippen molar-refractivity contribution in [3.8, 4) is 18.2 Å². The second-order valence-electron chi connectivity index (χ2n) is 10.3. The number of amides is 3. The molecule has 0 saturated heterocycles. The highest BCUT2D eigenvalue weighted by Gasteiger charge is 2.36. The molecule has 0 heterocycles. The molecule has 0 radical (unpaired) electrons. The second kappa shape index (κ2) is 13.3. The van der Waals surface area contributed by atoms with Crippen molar-refractivity contribution < 1.29 is 23.9 Å². The van der Waals surface area contributed by atoms with Gasteiger partial charge in [0.25, 0.3) is 11.8 Å². The van der Waals surface area contributed by atoms with Gasteiger partial charge in [-0.25, -0.2) is 4.79 Å². The van der Waals surface area contributed by atoms with Crippen LogP contribution in [-0.2, 0) is 20.7 Å². The average Bonchev–Trinajstić information content (AvgIpc) is 2.90. The minimum Gasteiger partial charge on any atom is -0.497 e. The summed E-state index contributed by atoms with van der Waals surface area (Å²) in [4.78, 5) is 41.5.